The second kappa shape index (κ2) is 4.42. The van der Waals surface area contributed by atoms with Crippen molar-refractivity contribution in [1.29, 1.82) is 0 Å². The molecule has 4 heteroatoms. The van der Waals surface area contributed by atoms with Crippen molar-refractivity contribution in [2.24, 2.45) is 0 Å². The van der Waals surface area contributed by atoms with E-state index in [4.69, 9.17) is 0 Å². The first-order valence-electron chi connectivity index (χ1n) is 6.04. The summed E-state index contributed by atoms with van der Waals surface area (Å²) in [5, 5.41) is 9.55. The maximum absolute atomic E-state index is 9.55. The molecule has 17 heavy (non-hydrogen) atoms. The molecule has 0 spiro atoms. The first-order chi connectivity index (χ1) is 8.24. The van der Waals surface area contributed by atoms with E-state index in [9.17, 15) is 5.11 Å². The molecule has 1 aromatic heterocycles. The lowest BCUT2D eigenvalue weighted by molar-refractivity contribution is 0.111. The molecule has 0 radical (unpaired) electrons. The number of benzene rings is 1. The van der Waals surface area contributed by atoms with Gasteiger partial charge in [0.05, 0.1) is 23.5 Å². The highest BCUT2D eigenvalue weighted by atomic mass is 79.9. The van der Waals surface area contributed by atoms with E-state index in [1.807, 2.05) is 18.5 Å². The lowest BCUT2D eigenvalue weighted by Gasteiger charge is -2.26. The molecule has 1 aliphatic rings. The molecule has 90 valence electrons. The number of aromatic nitrogens is 2. The third kappa shape index (κ3) is 2.11. The fourth-order valence-electron chi connectivity index (χ4n) is 2.63. The minimum atomic E-state index is -0.104. The van der Waals surface area contributed by atoms with Crippen LogP contribution in [0.1, 0.15) is 31.7 Å². The third-order valence-electron chi connectivity index (χ3n) is 3.60. The van der Waals surface area contributed by atoms with E-state index in [0.29, 0.717) is 6.04 Å². The normalized spacial score (nSPS) is 25.3. The first-order valence-corrected chi connectivity index (χ1v) is 6.83. The minimum absolute atomic E-state index is 0.104. The van der Waals surface area contributed by atoms with Crippen LogP contribution < -0.4 is 0 Å². The average Bonchev–Trinajstić information content (AvgIpc) is 2.73. The Bertz CT molecular complexity index is 529. The molecular formula is C13H15BrN2O. The summed E-state index contributed by atoms with van der Waals surface area (Å²) in [4.78, 5) is 4.43. The van der Waals surface area contributed by atoms with Gasteiger partial charge < -0.3 is 9.67 Å². The van der Waals surface area contributed by atoms with Crippen LogP contribution >= 0.6 is 15.9 Å². The Morgan fingerprint density at radius 1 is 1.24 bits per heavy atom. The standard InChI is InChI=1S/C13H15BrN2O/c14-9-1-6-12-13(7-9)16(8-15-12)10-2-4-11(17)5-3-10/h1,6-8,10-11,17H,2-5H2. The Morgan fingerprint density at radius 3 is 2.76 bits per heavy atom. The number of imidazole rings is 1. The highest BCUT2D eigenvalue weighted by molar-refractivity contribution is 9.10. The summed E-state index contributed by atoms with van der Waals surface area (Å²) in [6.45, 7) is 0. The molecule has 0 bridgehead atoms. The Kier molecular flexibility index (Phi) is 2.92. The van der Waals surface area contributed by atoms with Crippen molar-refractivity contribution in [3.63, 3.8) is 0 Å². The van der Waals surface area contributed by atoms with Crippen LogP contribution in [0.4, 0.5) is 0 Å². The van der Waals surface area contributed by atoms with Crippen molar-refractivity contribution in [1.82, 2.24) is 9.55 Å². The van der Waals surface area contributed by atoms with Crippen LogP contribution in [0.15, 0.2) is 29.0 Å². The van der Waals surface area contributed by atoms with E-state index >= 15 is 0 Å². The van der Waals surface area contributed by atoms with E-state index in [1.54, 1.807) is 0 Å². The van der Waals surface area contributed by atoms with E-state index in [1.165, 1.54) is 5.52 Å². The molecule has 1 heterocycles. The molecule has 1 aliphatic carbocycles. The summed E-state index contributed by atoms with van der Waals surface area (Å²) >= 11 is 3.50. The number of aliphatic hydroxyl groups is 1. The molecule has 0 saturated heterocycles. The molecule has 3 nitrogen and oxygen atoms in total. The molecule has 3 rings (SSSR count). The second-order valence-electron chi connectivity index (χ2n) is 4.75. The summed E-state index contributed by atoms with van der Waals surface area (Å²) in [6.07, 6.45) is 5.71. The van der Waals surface area contributed by atoms with Gasteiger partial charge in [-0.2, -0.15) is 0 Å². The molecule has 1 saturated carbocycles. The number of nitrogens with zero attached hydrogens (tertiary/aromatic N) is 2. The quantitative estimate of drug-likeness (QED) is 0.876. The SMILES string of the molecule is OC1CCC(n2cnc3ccc(Br)cc32)CC1. The van der Waals surface area contributed by atoms with Gasteiger partial charge in [0.15, 0.2) is 0 Å². The fraction of sp³-hybridized carbons (Fsp3) is 0.462. The van der Waals surface area contributed by atoms with Crippen LogP contribution in [-0.2, 0) is 0 Å². The van der Waals surface area contributed by atoms with Gasteiger partial charge in [0.1, 0.15) is 0 Å². The fourth-order valence-corrected chi connectivity index (χ4v) is 2.98. The van der Waals surface area contributed by atoms with Gasteiger partial charge in [0, 0.05) is 10.5 Å². The lowest BCUT2D eigenvalue weighted by atomic mass is 9.93. The van der Waals surface area contributed by atoms with Gasteiger partial charge in [-0.25, -0.2) is 4.98 Å². The molecule has 0 amide bonds. The number of halogens is 1. The third-order valence-corrected chi connectivity index (χ3v) is 4.09. The van der Waals surface area contributed by atoms with E-state index in [2.05, 4.69) is 31.5 Å². The first kappa shape index (κ1) is 11.2. The van der Waals surface area contributed by atoms with Crippen molar-refractivity contribution < 1.29 is 5.11 Å². The van der Waals surface area contributed by atoms with E-state index in [0.717, 1.165) is 35.7 Å². The zero-order chi connectivity index (χ0) is 11.8. The van der Waals surface area contributed by atoms with Crippen LogP contribution in [0.2, 0.25) is 0 Å². The van der Waals surface area contributed by atoms with Gasteiger partial charge in [-0.3, -0.25) is 0 Å². The topological polar surface area (TPSA) is 38.0 Å². The van der Waals surface area contributed by atoms with Crippen molar-refractivity contribution in [2.45, 2.75) is 37.8 Å². The smallest absolute Gasteiger partial charge is 0.0960 e. The largest absolute Gasteiger partial charge is 0.393 e. The van der Waals surface area contributed by atoms with E-state index < -0.39 is 0 Å². The molecular weight excluding hydrogens is 280 g/mol. The van der Waals surface area contributed by atoms with Gasteiger partial charge >= 0.3 is 0 Å². The van der Waals surface area contributed by atoms with Crippen LogP contribution in [0.25, 0.3) is 11.0 Å². The molecule has 0 aliphatic heterocycles. The van der Waals surface area contributed by atoms with Gasteiger partial charge in [0.2, 0.25) is 0 Å². The summed E-state index contributed by atoms with van der Waals surface area (Å²) in [5.41, 5.74) is 2.22. The lowest BCUT2D eigenvalue weighted by Crippen LogP contribution is -2.20. The summed E-state index contributed by atoms with van der Waals surface area (Å²) in [6, 6.07) is 6.66. The molecule has 1 N–H and O–H groups in total. The highest BCUT2D eigenvalue weighted by Crippen LogP contribution is 2.31. The van der Waals surface area contributed by atoms with Crippen molar-refractivity contribution in [3.05, 3.63) is 29.0 Å². The van der Waals surface area contributed by atoms with Gasteiger partial charge in [-0.15, -0.1) is 0 Å². The average molecular weight is 295 g/mol. The Balaban J connectivity index is 1.97. The summed E-state index contributed by atoms with van der Waals surface area (Å²) in [7, 11) is 0. The van der Waals surface area contributed by atoms with Crippen LogP contribution in [0.3, 0.4) is 0 Å². The molecule has 0 unspecified atom stereocenters. The number of hydrogen-bond donors (Lipinski definition) is 1. The second-order valence-corrected chi connectivity index (χ2v) is 5.66. The van der Waals surface area contributed by atoms with Crippen LogP contribution in [0, 0.1) is 0 Å². The summed E-state index contributed by atoms with van der Waals surface area (Å²) in [5.74, 6) is 0. The monoisotopic (exact) mass is 294 g/mol. The number of hydrogen-bond acceptors (Lipinski definition) is 2. The van der Waals surface area contributed by atoms with Gasteiger partial charge in [0.25, 0.3) is 0 Å². The van der Waals surface area contributed by atoms with Crippen LogP contribution in [-0.4, -0.2) is 20.8 Å². The van der Waals surface area contributed by atoms with Gasteiger partial charge in [-0.1, -0.05) is 15.9 Å². The van der Waals surface area contributed by atoms with Crippen LogP contribution in [0.5, 0.6) is 0 Å². The van der Waals surface area contributed by atoms with Gasteiger partial charge in [-0.05, 0) is 43.9 Å². The predicted octanol–water partition coefficient (Wildman–Crippen LogP) is 3.27. The zero-order valence-corrected chi connectivity index (χ0v) is 11.1. The Hall–Kier alpha value is -0.870. The molecule has 0 atom stereocenters. The zero-order valence-electron chi connectivity index (χ0n) is 9.51. The number of fused-ring (bicyclic) bond motifs is 1. The van der Waals surface area contributed by atoms with Crippen molar-refractivity contribution in [2.75, 3.05) is 0 Å². The number of rotatable bonds is 1. The predicted molar refractivity (Wildman–Crippen MR) is 70.9 cm³/mol. The maximum atomic E-state index is 9.55. The Morgan fingerprint density at radius 2 is 2.00 bits per heavy atom. The maximum Gasteiger partial charge on any atom is 0.0960 e. The van der Waals surface area contributed by atoms with Crippen molar-refractivity contribution >= 4 is 27.0 Å². The molecule has 1 aromatic carbocycles. The molecule has 2 aromatic rings. The minimum Gasteiger partial charge on any atom is -0.393 e. The Labute approximate surface area is 109 Å². The highest BCUT2D eigenvalue weighted by Gasteiger charge is 2.21. The number of aliphatic hydroxyl groups excluding tert-OH is 1. The van der Waals surface area contributed by atoms with E-state index in [-0.39, 0.29) is 6.10 Å². The summed E-state index contributed by atoms with van der Waals surface area (Å²) < 4.78 is 3.34. The molecule has 1 fully saturated rings. The van der Waals surface area contributed by atoms with Crippen molar-refractivity contribution in [3.8, 4) is 0 Å².